The third-order valence-electron chi connectivity index (χ3n) is 3.65. The molecule has 0 spiro atoms. The number of carbonyl (C=O) groups excluding carboxylic acids is 1. The summed E-state index contributed by atoms with van der Waals surface area (Å²) in [6, 6.07) is 0. The zero-order chi connectivity index (χ0) is 12.7. The van der Waals surface area contributed by atoms with E-state index in [1.54, 1.807) is 0 Å². The Morgan fingerprint density at radius 2 is 2.00 bits per heavy atom. The SMILES string of the molecule is CCCCCCCC(=O)N1CCC(Br)C(C)C1. The van der Waals surface area contributed by atoms with Crippen LogP contribution in [0.5, 0.6) is 0 Å². The molecule has 100 valence electrons. The molecule has 0 aromatic rings. The maximum Gasteiger partial charge on any atom is 0.222 e. The van der Waals surface area contributed by atoms with Crippen LogP contribution in [-0.4, -0.2) is 28.7 Å². The molecule has 0 radical (unpaired) electrons. The number of rotatable bonds is 6. The minimum Gasteiger partial charge on any atom is -0.342 e. The number of amides is 1. The number of piperidine rings is 1. The van der Waals surface area contributed by atoms with Gasteiger partial charge >= 0.3 is 0 Å². The first-order valence-electron chi connectivity index (χ1n) is 7.07. The molecule has 3 heteroatoms. The summed E-state index contributed by atoms with van der Waals surface area (Å²) in [4.78, 5) is 14.6. The van der Waals surface area contributed by atoms with Gasteiger partial charge in [0.1, 0.15) is 0 Å². The van der Waals surface area contributed by atoms with Gasteiger partial charge in [-0.2, -0.15) is 0 Å². The monoisotopic (exact) mass is 303 g/mol. The Hall–Kier alpha value is -0.0500. The molecule has 17 heavy (non-hydrogen) atoms. The number of carbonyl (C=O) groups is 1. The summed E-state index contributed by atoms with van der Waals surface area (Å²) in [7, 11) is 0. The van der Waals surface area contributed by atoms with Crippen molar-refractivity contribution in [1.29, 1.82) is 0 Å². The molecule has 1 aliphatic heterocycles. The normalized spacial score (nSPS) is 25.0. The van der Waals surface area contributed by atoms with Gasteiger partial charge in [0.2, 0.25) is 5.91 Å². The van der Waals surface area contributed by atoms with E-state index in [9.17, 15) is 4.79 Å². The molecule has 2 unspecified atom stereocenters. The molecule has 1 saturated heterocycles. The average molecular weight is 304 g/mol. The van der Waals surface area contributed by atoms with Gasteiger partial charge in [-0.1, -0.05) is 55.5 Å². The quantitative estimate of drug-likeness (QED) is 0.537. The summed E-state index contributed by atoms with van der Waals surface area (Å²) in [5.41, 5.74) is 0. The smallest absolute Gasteiger partial charge is 0.222 e. The van der Waals surface area contributed by atoms with Crippen LogP contribution in [0.25, 0.3) is 0 Å². The van der Waals surface area contributed by atoms with E-state index >= 15 is 0 Å². The Balaban J connectivity index is 2.15. The van der Waals surface area contributed by atoms with E-state index in [2.05, 4.69) is 34.7 Å². The van der Waals surface area contributed by atoms with Gasteiger partial charge in [0.05, 0.1) is 0 Å². The second kappa shape index (κ2) is 8.12. The van der Waals surface area contributed by atoms with Gasteiger partial charge in [0.15, 0.2) is 0 Å². The molecule has 2 atom stereocenters. The fourth-order valence-corrected chi connectivity index (χ4v) is 2.75. The standard InChI is InChI=1S/C14H26BrNO/c1-3-4-5-6-7-8-14(17)16-10-9-13(15)12(2)11-16/h12-13H,3-11H2,1-2H3. The van der Waals surface area contributed by atoms with Gasteiger partial charge in [-0.3, -0.25) is 4.79 Å². The minimum atomic E-state index is 0.368. The zero-order valence-electron chi connectivity index (χ0n) is 11.3. The molecular formula is C14H26BrNO. The van der Waals surface area contributed by atoms with Gasteiger partial charge in [-0.25, -0.2) is 0 Å². The molecule has 0 aromatic carbocycles. The second-order valence-corrected chi connectivity index (χ2v) is 6.46. The van der Waals surface area contributed by atoms with E-state index in [-0.39, 0.29) is 0 Å². The highest BCUT2D eigenvalue weighted by Gasteiger charge is 2.26. The number of likely N-dealkylation sites (tertiary alicyclic amines) is 1. The summed E-state index contributed by atoms with van der Waals surface area (Å²) >= 11 is 3.67. The van der Waals surface area contributed by atoms with Crippen molar-refractivity contribution in [2.24, 2.45) is 5.92 Å². The van der Waals surface area contributed by atoms with Gasteiger partial charge in [0.25, 0.3) is 0 Å². The predicted octanol–water partition coefficient (Wildman–Crippen LogP) is 3.98. The Morgan fingerprint density at radius 1 is 1.29 bits per heavy atom. The number of unbranched alkanes of at least 4 members (excludes halogenated alkanes) is 4. The highest BCUT2D eigenvalue weighted by molar-refractivity contribution is 9.09. The summed E-state index contributed by atoms with van der Waals surface area (Å²) in [6.07, 6.45) is 7.99. The summed E-state index contributed by atoms with van der Waals surface area (Å²) < 4.78 is 0. The summed E-state index contributed by atoms with van der Waals surface area (Å²) in [5.74, 6) is 0.959. The molecular weight excluding hydrogens is 278 g/mol. The lowest BCUT2D eigenvalue weighted by atomic mass is 9.99. The fraction of sp³-hybridized carbons (Fsp3) is 0.929. The molecule has 1 rings (SSSR count). The van der Waals surface area contributed by atoms with Crippen molar-refractivity contribution in [1.82, 2.24) is 4.90 Å². The summed E-state index contributed by atoms with van der Waals surface area (Å²) in [5, 5.41) is 0. The van der Waals surface area contributed by atoms with E-state index in [0.717, 1.165) is 32.4 Å². The molecule has 1 heterocycles. The Morgan fingerprint density at radius 3 is 2.65 bits per heavy atom. The third-order valence-corrected chi connectivity index (χ3v) is 5.01. The van der Waals surface area contributed by atoms with Gasteiger partial charge < -0.3 is 4.90 Å². The lowest BCUT2D eigenvalue weighted by Gasteiger charge is -2.34. The van der Waals surface area contributed by atoms with Crippen LogP contribution in [0.15, 0.2) is 0 Å². The first-order valence-corrected chi connectivity index (χ1v) is 7.98. The zero-order valence-corrected chi connectivity index (χ0v) is 12.8. The van der Waals surface area contributed by atoms with E-state index in [1.807, 2.05) is 0 Å². The van der Waals surface area contributed by atoms with Crippen molar-refractivity contribution < 1.29 is 4.79 Å². The van der Waals surface area contributed by atoms with E-state index < -0.39 is 0 Å². The van der Waals surface area contributed by atoms with Crippen molar-refractivity contribution in [2.45, 2.75) is 63.6 Å². The van der Waals surface area contributed by atoms with Gasteiger partial charge in [-0.05, 0) is 18.8 Å². The highest BCUT2D eigenvalue weighted by Crippen LogP contribution is 2.24. The second-order valence-electron chi connectivity index (χ2n) is 5.29. The maximum atomic E-state index is 12.0. The molecule has 1 aliphatic rings. The van der Waals surface area contributed by atoms with Crippen LogP contribution < -0.4 is 0 Å². The number of hydrogen-bond donors (Lipinski definition) is 0. The van der Waals surface area contributed by atoms with Crippen LogP contribution in [0.3, 0.4) is 0 Å². The van der Waals surface area contributed by atoms with Crippen LogP contribution in [0.2, 0.25) is 0 Å². The molecule has 1 fully saturated rings. The Labute approximate surface area is 114 Å². The van der Waals surface area contributed by atoms with E-state index in [0.29, 0.717) is 16.7 Å². The Bertz CT molecular complexity index is 232. The molecule has 0 N–H and O–H groups in total. The minimum absolute atomic E-state index is 0.368. The van der Waals surface area contributed by atoms with Crippen LogP contribution in [0, 0.1) is 5.92 Å². The van der Waals surface area contributed by atoms with Crippen molar-refractivity contribution in [3.8, 4) is 0 Å². The number of alkyl halides is 1. The van der Waals surface area contributed by atoms with Crippen LogP contribution in [0.4, 0.5) is 0 Å². The predicted molar refractivity (Wildman–Crippen MR) is 76.5 cm³/mol. The first-order chi connectivity index (χ1) is 8.15. The molecule has 0 aromatic heterocycles. The van der Waals surface area contributed by atoms with E-state index in [4.69, 9.17) is 0 Å². The number of halogens is 1. The lowest BCUT2D eigenvalue weighted by molar-refractivity contribution is -0.132. The maximum absolute atomic E-state index is 12.0. The van der Waals surface area contributed by atoms with Crippen molar-refractivity contribution in [2.75, 3.05) is 13.1 Å². The first kappa shape index (κ1) is 15.0. The number of nitrogens with zero attached hydrogens (tertiary/aromatic N) is 1. The van der Waals surface area contributed by atoms with E-state index in [1.165, 1.54) is 25.7 Å². The Kier molecular flexibility index (Phi) is 7.17. The molecule has 0 aliphatic carbocycles. The van der Waals surface area contributed by atoms with Crippen LogP contribution >= 0.6 is 15.9 Å². The van der Waals surface area contributed by atoms with Crippen molar-refractivity contribution in [3.05, 3.63) is 0 Å². The van der Waals surface area contributed by atoms with Crippen LogP contribution in [0.1, 0.15) is 58.8 Å². The molecule has 0 bridgehead atoms. The molecule has 2 nitrogen and oxygen atoms in total. The molecule has 0 saturated carbocycles. The lowest BCUT2D eigenvalue weighted by Crippen LogP contribution is -2.43. The average Bonchev–Trinajstić information content (AvgIpc) is 2.32. The topological polar surface area (TPSA) is 20.3 Å². The molecule has 1 amide bonds. The summed E-state index contributed by atoms with van der Waals surface area (Å²) in [6.45, 7) is 6.31. The fourth-order valence-electron chi connectivity index (χ4n) is 2.38. The highest BCUT2D eigenvalue weighted by atomic mass is 79.9. The van der Waals surface area contributed by atoms with Gasteiger partial charge in [-0.15, -0.1) is 0 Å². The third kappa shape index (κ3) is 5.41. The van der Waals surface area contributed by atoms with Crippen LogP contribution in [-0.2, 0) is 4.79 Å². The number of hydrogen-bond acceptors (Lipinski definition) is 1. The van der Waals surface area contributed by atoms with Gasteiger partial charge in [0, 0.05) is 24.3 Å². The van der Waals surface area contributed by atoms with Crippen molar-refractivity contribution >= 4 is 21.8 Å². The van der Waals surface area contributed by atoms with Crippen molar-refractivity contribution in [3.63, 3.8) is 0 Å². The largest absolute Gasteiger partial charge is 0.342 e.